The normalized spacial score (nSPS) is 19.2. The molecular formula is C12H11BrClNO3. The van der Waals surface area contributed by atoms with Crippen LogP contribution in [0.4, 0.5) is 5.69 Å². The van der Waals surface area contributed by atoms with Crippen LogP contribution in [-0.4, -0.2) is 30.4 Å². The van der Waals surface area contributed by atoms with Gasteiger partial charge in [-0.2, -0.15) is 0 Å². The highest BCUT2D eigenvalue weighted by Gasteiger charge is 2.30. The van der Waals surface area contributed by atoms with E-state index in [4.69, 9.17) is 11.6 Å². The number of amides is 1. The van der Waals surface area contributed by atoms with Crippen LogP contribution in [0.15, 0.2) is 18.2 Å². The molecule has 1 unspecified atom stereocenters. The average molecular weight is 333 g/mol. The predicted molar refractivity (Wildman–Crippen MR) is 72.5 cm³/mol. The SMILES string of the molecule is COC(=O)c1ccc(N2CC(Br)CC2=O)c(Cl)c1. The van der Waals surface area contributed by atoms with Gasteiger partial charge in [-0.15, -0.1) is 0 Å². The van der Waals surface area contributed by atoms with Gasteiger partial charge in [-0.05, 0) is 18.2 Å². The lowest BCUT2D eigenvalue weighted by Crippen LogP contribution is -2.25. The molecule has 6 heteroatoms. The number of rotatable bonds is 2. The first-order valence-electron chi connectivity index (χ1n) is 5.35. The van der Waals surface area contributed by atoms with Crippen molar-refractivity contribution in [1.29, 1.82) is 0 Å². The van der Waals surface area contributed by atoms with Gasteiger partial charge in [0.2, 0.25) is 5.91 Å². The maximum absolute atomic E-state index is 11.8. The summed E-state index contributed by atoms with van der Waals surface area (Å²) in [6.45, 7) is 0.579. The van der Waals surface area contributed by atoms with Gasteiger partial charge < -0.3 is 9.64 Å². The average Bonchev–Trinajstić information content (AvgIpc) is 2.67. The van der Waals surface area contributed by atoms with Crippen LogP contribution in [0.1, 0.15) is 16.8 Å². The summed E-state index contributed by atoms with van der Waals surface area (Å²) in [6, 6.07) is 4.77. The highest BCUT2D eigenvalue weighted by Crippen LogP contribution is 2.32. The first kappa shape index (κ1) is 13.4. The monoisotopic (exact) mass is 331 g/mol. The molecule has 1 aromatic carbocycles. The number of hydrogen-bond acceptors (Lipinski definition) is 3. The molecule has 1 fully saturated rings. The van der Waals surface area contributed by atoms with Crippen molar-refractivity contribution in [1.82, 2.24) is 0 Å². The number of hydrogen-bond donors (Lipinski definition) is 0. The summed E-state index contributed by atoms with van der Waals surface area (Å²) in [7, 11) is 1.31. The van der Waals surface area contributed by atoms with E-state index in [1.54, 1.807) is 17.0 Å². The van der Waals surface area contributed by atoms with Gasteiger partial charge >= 0.3 is 5.97 Å². The van der Waals surface area contributed by atoms with Crippen molar-refractivity contribution in [3.8, 4) is 0 Å². The number of anilines is 1. The molecule has 0 radical (unpaired) electrons. The molecular weight excluding hydrogens is 321 g/mol. The Labute approximate surface area is 118 Å². The minimum atomic E-state index is -0.449. The first-order chi connectivity index (χ1) is 8.52. The first-order valence-corrected chi connectivity index (χ1v) is 6.64. The number of nitrogens with zero attached hydrogens (tertiary/aromatic N) is 1. The molecule has 1 saturated heterocycles. The van der Waals surface area contributed by atoms with Crippen LogP contribution in [0.2, 0.25) is 5.02 Å². The lowest BCUT2D eigenvalue weighted by Gasteiger charge is -2.17. The largest absolute Gasteiger partial charge is 0.465 e. The Kier molecular flexibility index (Phi) is 3.92. The molecule has 0 spiro atoms. The maximum atomic E-state index is 11.8. The molecule has 1 atom stereocenters. The van der Waals surface area contributed by atoms with Gasteiger partial charge in [-0.3, -0.25) is 4.79 Å². The van der Waals surface area contributed by atoms with E-state index >= 15 is 0 Å². The third kappa shape index (κ3) is 2.52. The summed E-state index contributed by atoms with van der Waals surface area (Å²) in [6.07, 6.45) is 0.453. The summed E-state index contributed by atoms with van der Waals surface area (Å²) in [5.74, 6) is -0.431. The van der Waals surface area contributed by atoms with Crippen molar-refractivity contribution < 1.29 is 14.3 Å². The Morgan fingerprint density at radius 3 is 2.78 bits per heavy atom. The zero-order chi connectivity index (χ0) is 13.3. The van der Waals surface area contributed by atoms with Gasteiger partial charge in [0.05, 0.1) is 23.4 Å². The lowest BCUT2D eigenvalue weighted by molar-refractivity contribution is -0.117. The van der Waals surface area contributed by atoms with E-state index in [0.29, 0.717) is 29.2 Å². The summed E-state index contributed by atoms with van der Waals surface area (Å²) in [5, 5.41) is 0.368. The van der Waals surface area contributed by atoms with E-state index in [9.17, 15) is 9.59 Å². The Morgan fingerprint density at radius 2 is 2.28 bits per heavy atom. The molecule has 0 N–H and O–H groups in total. The molecule has 1 heterocycles. The highest BCUT2D eigenvalue weighted by atomic mass is 79.9. The van der Waals surface area contributed by atoms with Crippen LogP contribution in [0.5, 0.6) is 0 Å². The molecule has 0 saturated carbocycles. The van der Waals surface area contributed by atoms with Crippen LogP contribution in [-0.2, 0) is 9.53 Å². The fraction of sp³-hybridized carbons (Fsp3) is 0.333. The van der Waals surface area contributed by atoms with Crippen molar-refractivity contribution in [2.24, 2.45) is 0 Å². The molecule has 0 bridgehead atoms. The molecule has 1 aliphatic heterocycles. The lowest BCUT2D eigenvalue weighted by atomic mass is 10.2. The second kappa shape index (κ2) is 5.28. The van der Waals surface area contributed by atoms with Gasteiger partial charge in [0.25, 0.3) is 0 Å². The van der Waals surface area contributed by atoms with Gasteiger partial charge in [0, 0.05) is 17.8 Å². The zero-order valence-electron chi connectivity index (χ0n) is 9.65. The van der Waals surface area contributed by atoms with Gasteiger partial charge in [0.15, 0.2) is 0 Å². The summed E-state index contributed by atoms with van der Waals surface area (Å²) in [5.41, 5.74) is 0.990. The van der Waals surface area contributed by atoms with E-state index < -0.39 is 5.97 Å². The third-order valence-corrected chi connectivity index (χ3v) is 3.65. The smallest absolute Gasteiger partial charge is 0.337 e. The predicted octanol–water partition coefficient (Wildman–Crippen LogP) is 2.63. The number of alkyl halides is 1. The fourth-order valence-corrected chi connectivity index (χ4v) is 2.72. The number of halogens is 2. The van der Waals surface area contributed by atoms with Crippen molar-refractivity contribution in [3.63, 3.8) is 0 Å². The van der Waals surface area contributed by atoms with E-state index in [1.165, 1.54) is 13.2 Å². The summed E-state index contributed by atoms with van der Waals surface area (Å²) >= 11 is 9.52. The van der Waals surface area contributed by atoms with Crippen molar-refractivity contribution in [2.45, 2.75) is 11.2 Å². The standard InChI is InChI=1S/C12H11BrClNO3/c1-18-12(17)7-2-3-10(9(14)4-7)15-6-8(13)5-11(15)16/h2-4,8H,5-6H2,1H3. The Hall–Kier alpha value is -1.07. The van der Waals surface area contributed by atoms with Crippen molar-refractivity contribution in [2.75, 3.05) is 18.6 Å². The fourth-order valence-electron chi connectivity index (χ4n) is 1.87. The summed E-state index contributed by atoms with van der Waals surface area (Å²) in [4.78, 5) is 24.9. The molecule has 96 valence electrons. The van der Waals surface area contributed by atoms with Crippen LogP contribution in [0.3, 0.4) is 0 Å². The van der Waals surface area contributed by atoms with Gasteiger partial charge in [-0.25, -0.2) is 4.79 Å². The molecule has 0 aliphatic carbocycles. The second-order valence-electron chi connectivity index (χ2n) is 3.96. The molecule has 1 amide bonds. The van der Waals surface area contributed by atoms with Crippen LogP contribution >= 0.6 is 27.5 Å². The number of carbonyl (C=O) groups excluding carboxylic acids is 2. The highest BCUT2D eigenvalue weighted by molar-refractivity contribution is 9.09. The molecule has 2 rings (SSSR count). The minimum absolute atomic E-state index is 0.0181. The molecule has 1 aliphatic rings. The summed E-state index contributed by atoms with van der Waals surface area (Å²) < 4.78 is 4.61. The second-order valence-corrected chi connectivity index (χ2v) is 5.67. The Balaban J connectivity index is 2.30. The number of benzene rings is 1. The minimum Gasteiger partial charge on any atom is -0.465 e. The van der Waals surface area contributed by atoms with Gasteiger partial charge in [0.1, 0.15) is 0 Å². The van der Waals surface area contributed by atoms with E-state index in [0.717, 1.165) is 0 Å². The molecule has 4 nitrogen and oxygen atoms in total. The van der Waals surface area contributed by atoms with Crippen molar-refractivity contribution >= 4 is 45.1 Å². The number of carbonyl (C=O) groups is 2. The molecule has 0 aromatic heterocycles. The van der Waals surface area contributed by atoms with Crippen LogP contribution in [0, 0.1) is 0 Å². The Morgan fingerprint density at radius 1 is 1.56 bits per heavy atom. The topological polar surface area (TPSA) is 46.6 Å². The van der Waals surface area contributed by atoms with Crippen LogP contribution < -0.4 is 4.90 Å². The molecule has 18 heavy (non-hydrogen) atoms. The van der Waals surface area contributed by atoms with Crippen LogP contribution in [0.25, 0.3) is 0 Å². The third-order valence-electron chi connectivity index (χ3n) is 2.74. The van der Waals surface area contributed by atoms with E-state index in [1.807, 2.05) is 0 Å². The zero-order valence-corrected chi connectivity index (χ0v) is 12.0. The Bertz CT molecular complexity index is 506. The van der Waals surface area contributed by atoms with E-state index in [2.05, 4.69) is 20.7 Å². The number of methoxy groups -OCH3 is 1. The van der Waals surface area contributed by atoms with Gasteiger partial charge in [-0.1, -0.05) is 27.5 Å². The number of ether oxygens (including phenoxy) is 1. The van der Waals surface area contributed by atoms with E-state index in [-0.39, 0.29) is 10.7 Å². The number of esters is 1. The molecule has 1 aromatic rings. The maximum Gasteiger partial charge on any atom is 0.337 e. The van der Waals surface area contributed by atoms with Crippen molar-refractivity contribution in [3.05, 3.63) is 28.8 Å². The quantitative estimate of drug-likeness (QED) is 0.618.